The first-order valence-electron chi connectivity index (χ1n) is 22.0. The zero-order chi connectivity index (χ0) is 41.9. The van der Waals surface area contributed by atoms with Crippen LogP contribution >= 0.6 is 0 Å². The van der Waals surface area contributed by atoms with E-state index in [9.17, 15) is 0 Å². The highest BCUT2D eigenvalue weighted by atomic mass is 16.3. The van der Waals surface area contributed by atoms with Crippen molar-refractivity contribution in [2.24, 2.45) is 0 Å². The van der Waals surface area contributed by atoms with E-state index in [0.717, 1.165) is 72.1 Å². The molecule has 10 aromatic carbocycles. The fourth-order valence-corrected chi connectivity index (χ4v) is 11.3. The van der Waals surface area contributed by atoms with Crippen molar-refractivity contribution in [3.8, 4) is 44.5 Å². The summed E-state index contributed by atoms with van der Waals surface area (Å²) in [4.78, 5) is 2.39. The van der Waals surface area contributed by atoms with Gasteiger partial charge in [0, 0.05) is 49.7 Å². The Morgan fingerprint density at radius 3 is 1.66 bits per heavy atom. The molecule has 0 fully saturated rings. The van der Waals surface area contributed by atoms with E-state index >= 15 is 0 Å². The van der Waals surface area contributed by atoms with Gasteiger partial charge in [-0.25, -0.2) is 0 Å². The molecule has 1 unspecified atom stereocenters. The maximum atomic E-state index is 7.03. The molecule has 2 aromatic heterocycles. The quantitative estimate of drug-likeness (QED) is 0.173. The van der Waals surface area contributed by atoms with Gasteiger partial charge in [0.05, 0.1) is 5.41 Å². The van der Waals surface area contributed by atoms with Crippen LogP contribution in [0.5, 0.6) is 0 Å². The predicted molar refractivity (Wildman–Crippen MR) is 263 cm³/mol. The number of rotatable bonds is 5. The lowest BCUT2D eigenvalue weighted by Crippen LogP contribution is -2.26. The summed E-state index contributed by atoms with van der Waals surface area (Å²) in [7, 11) is 0. The van der Waals surface area contributed by atoms with Crippen LogP contribution in [0.25, 0.3) is 88.4 Å². The van der Waals surface area contributed by atoms with E-state index in [0.29, 0.717) is 0 Å². The molecule has 14 rings (SSSR count). The van der Waals surface area contributed by atoms with E-state index in [1.54, 1.807) is 0 Å². The van der Waals surface area contributed by atoms with Crippen LogP contribution in [0.2, 0.25) is 0 Å². The summed E-state index contributed by atoms with van der Waals surface area (Å²) in [5, 5.41) is 4.45. The van der Waals surface area contributed by atoms with Gasteiger partial charge in [-0.1, -0.05) is 176 Å². The van der Waals surface area contributed by atoms with Crippen molar-refractivity contribution >= 4 is 60.9 Å². The monoisotopic (exact) mass is 815 g/mol. The molecule has 0 amide bonds. The molecule has 64 heavy (non-hydrogen) atoms. The van der Waals surface area contributed by atoms with Crippen LogP contribution in [0, 0.1) is 0 Å². The summed E-state index contributed by atoms with van der Waals surface area (Å²) in [6.45, 7) is 0. The maximum absolute atomic E-state index is 7.03. The molecule has 1 spiro atoms. The first-order chi connectivity index (χ1) is 31.8. The highest BCUT2D eigenvalue weighted by Crippen LogP contribution is 2.65. The average Bonchev–Trinajstić information content (AvgIpc) is 4.10. The summed E-state index contributed by atoms with van der Waals surface area (Å²) >= 11 is 0. The van der Waals surface area contributed by atoms with E-state index < -0.39 is 5.41 Å². The number of benzene rings is 10. The number of fused-ring (bicyclic) bond motifs is 17. The van der Waals surface area contributed by atoms with Gasteiger partial charge in [-0.15, -0.1) is 0 Å². The Kier molecular flexibility index (Phi) is 7.32. The lowest BCUT2D eigenvalue weighted by atomic mass is 9.70. The molecule has 12 aromatic rings. The Morgan fingerprint density at radius 2 is 0.859 bits per heavy atom. The van der Waals surface area contributed by atoms with Gasteiger partial charge >= 0.3 is 0 Å². The van der Waals surface area contributed by atoms with Crippen LogP contribution in [0.1, 0.15) is 22.3 Å². The first-order valence-corrected chi connectivity index (χ1v) is 22.0. The SMILES string of the molecule is c1ccc(-c2ccc(N(c3ccccc3)c3ccc4c(c3)C3(c5ccccc5-4)c4ccccc4-c4c3ccc3oc5c(-c6cccc7c6oc6ccccc67)cccc5c43)cc2)cc1. The Hall–Kier alpha value is -8.40. The van der Waals surface area contributed by atoms with E-state index in [2.05, 4.69) is 217 Å². The molecule has 0 N–H and O–H groups in total. The topological polar surface area (TPSA) is 29.5 Å². The minimum atomic E-state index is -0.567. The molecule has 3 nitrogen and oxygen atoms in total. The van der Waals surface area contributed by atoms with Crippen LogP contribution in [0.4, 0.5) is 17.1 Å². The zero-order valence-corrected chi connectivity index (χ0v) is 34.6. The molecule has 2 heterocycles. The van der Waals surface area contributed by atoms with Crippen molar-refractivity contribution in [1.29, 1.82) is 0 Å². The Bertz CT molecular complexity index is 3840. The van der Waals surface area contributed by atoms with Gasteiger partial charge < -0.3 is 13.7 Å². The molecular weight excluding hydrogens is 779 g/mol. The summed E-state index contributed by atoms with van der Waals surface area (Å²) in [6.07, 6.45) is 0. The molecule has 0 bridgehead atoms. The van der Waals surface area contributed by atoms with Crippen molar-refractivity contribution in [2.75, 3.05) is 4.90 Å². The highest BCUT2D eigenvalue weighted by molar-refractivity contribution is 6.20. The molecular formula is C61H37NO2. The molecule has 0 saturated carbocycles. The second-order valence-electron chi connectivity index (χ2n) is 17.1. The Morgan fingerprint density at radius 1 is 0.312 bits per heavy atom. The molecule has 3 heteroatoms. The Labute approximate surface area is 369 Å². The van der Waals surface area contributed by atoms with Crippen LogP contribution < -0.4 is 4.90 Å². The van der Waals surface area contributed by atoms with Gasteiger partial charge in [-0.2, -0.15) is 0 Å². The van der Waals surface area contributed by atoms with Crippen LogP contribution in [-0.4, -0.2) is 0 Å². The second-order valence-corrected chi connectivity index (χ2v) is 17.1. The second kappa shape index (κ2) is 13.3. The minimum absolute atomic E-state index is 0.567. The van der Waals surface area contributed by atoms with Crippen molar-refractivity contribution < 1.29 is 8.83 Å². The van der Waals surface area contributed by atoms with E-state index in [1.807, 2.05) is 12.1 Å². The normalized spacial score (nSPS) is 14.6. The van der Waals surface area contributed by atoms with Crippen LogP contribution in [0.3, 0.4) is 0 Å². The lowest BCUT2D eigenvalue weighted by Gasteiger charge is -2.32. The van der Waals surface area contributed by atoms with Crippen LogP contribution in [-0.2, 0) is 5.41 Å². The van der Waals surface area contributed by atoms with Crippen molar-refractivity contribution in [1.82, 2.24) is 0 Å². The average molecular weight is 816 g/mol. The van der Waals surface area contributed by atoms with Gasteiger partial charge in [-0.05, 0) is 104 Å². The molecule has 2 aliphatic carbocycles. The molecule has 0 aliphatic heterocycles. The molecule has 1 atom stereocenters. The smallest absolute Gasteiger partial charge is 0.143 e. The van der Waals surface area contributed by atoms with Gasteiger partial charge in [-0.3, -0.25) is 0 Å². The lowest BCUT2D eigenvalue weighted by molar-refractivity contribution is 0.665. The van der Waals surface area contributed by atoms with Gasteiger partial charge in [0.1, 0.15) is 22.3 Å². The number of hydrogen-bond acceptors (Lipinski definition) is 3. The zero-order valence-electron chi connectivity index (χ0n) is 34.6. The summed E-state index contributed by atoms with van der Waals surface area (Å²) in [5.41, 5.74) is 20.8. The fourth-order valence-electron chi connectivity index (χ4n) is 11.3. The summed E-state index contributed by atoms with van der Waals surface area (Å²) in [6, 6.07) is 81.3. The maximum Gasteiger partial charge on any atom is 0.143 e. The number of anilines is 3. The highest BCUT2D eigenvalue weighted by Gasteiger charge is 2.52. The van der Waals surface area contributed by atoms with Crippen molar-refractivity contribution in [3.05, 3.63) is 247 Å². The largest absolute Gasteiger partial charge is 0.455 e. The molecule has 2 aliphatic rings. The van der Waals surface area contributed by atoms with E-state index in [4.69, 9.17) is 8.83 Å². The van der Waals surface area contributed by atoms with E-state index in [-0.39, 0.29) is 0 Å². The summed E-state index contributed by atoms with van der Waals surface area (Å²) < 4.78 is 13.6. The third-order valence-electron chi connectivity index (χ3n) is 13.9. The molecule has 298 valence electrons. The predicted octanol–water partition coefficient (Wildman–Crippen LogP) is 16.6. The standard InChI is InChI=1S/C61H37NO2/c1-3-15-38(16-4-1)39-29-31-41(32-30-39)62(40-17-5-2-6-18-40)42-33-34-44-43-19-7-10-26-51(43)61(54(44)37-42)52-27-11-8-21-49(52)57-53(61)35-36-56-58(57)50-25-14-24-48(60(50)64-56)47-23-13-22-46-45-20-9-12-28-55(45)63-59(46)47/h1-37H. The van der Waals surface area contributed by atoms with Crippen LogP contribution in [0.15, 0.2) is 233 Å². The number of para-hydroxylation sites is 4. The van der Waals surface area contributed by atoms with Gasteiger partial charge in [0.25, 0.3) is 0 Å². The minimum Gasteiger partial charge on any atom is -0.455 e. The first kappa shape index (κ1) is 35.2. The van der Waals surface area contributed by atoms with Crippen molar-refractivity contribution in [3.63, 3.8) is 0 Å². The summed E-state index contributed by atoms with van der Waals surface area (Å²) in [5.74, 6) is 0. The Balaban J connectivity index is 1.01. The number of furan rings is 2. The fraction of sp³-hybridized carbons (Fsp3) is 0.0164. The molecule has 0 radical (unpaired) electrons. The van der Waals surface area contributed by atoms with Crippen molar-refractivity contribution in [2.45, 2.75) is 5.41 Å². The van der Waals surface area contributed by atoms with Gasteiger partial charge in [0.15, 0.2) is 0 Å². The number of nitrogens with zero attached hydrogens (tertiary/aromatic N) is 1. The van der Waals surface area contributed by atoms with Gasteiger partial charge in [0.2, 0.25) is 0 Å². The third kappa shape index (κ3) is 4.76. The van der Waals surface area contributed by atoms with E-state index in [1.165, 1.54) is 55.6 Å². The number of hydrogen-bond donors (Lipinski definition) is 0. The third-order valence-corrected chi connectivity index (χ3v) is 13.9. The molecule has 0 saturated heterocycles.